The Kier molecular flexibility index (Phi) is 3.85. The molecule has 1 aliphatic rings. The lowest BCUT2D eigenvalue weighted by Crippen LogP contribution is -2.53. The highest BCUT2D eigenvalue weighted by molar-refractivity contribution is 5.17. The molecule has 0 aliphatic carbocycles. The molecule has 0 radical (unpaired) electrons. The predicted molar refractivity (Wildman–Crippen MR) is 68.4 cm³/mol. The van der Waals surface area contributed by atoms with Crippen molar-refractivity contribution in [2.24, 2.45) is 0 Å². The number of halogens is 1. The lowest BCUT2D eigenvalue weighted by molar-refractivity contribution is -0.139. The van der Waals surface area contributed by atoms with Crippen molar-refractivity contribution in [1.29, 1.82) is 0 Å². The summed E-state index contributed by atoms with van der Waals surface area (Å²) < 4.78 is 19.2. The maximum absolute atomic E-state index is 13.2. The number of aliphatic hydroxyl groups excluding tert-OH is 2. The van der Waals surface area contributed by atoms with E-state index < -0.39 is 48.1 Å². The van der Waals surface area contributed by atoms with E-state index in [0.29, 0.717) is 0 Å². The number of aromatic amines is 1. The van der Waals surface area contributed by atoms with E-state index in [4.69, 9.17) is 4.74 Å². The molecular formula is C12H15FN2O6. The molecule has 4 atom stereocenters. The van der Waals surface area contributed by atoms with E-state index in [9.17, 15) is 29.3 Å². The Labute approximate surface area is 117 Å². The Hall–Kier alpha value is -1.81. The summed E-state index contributed by atoms with van der Waals surface area (Å²) in [5.41, 5.74) is -5.91. The van der Waals surface area contributed by atoms with Crippen molar-refractivity contribution in [1.82, 2.24) is 9.55 Å². The maximum Gasteiger partial charge on any atom is 0.330 e. The van der Waals surface area contributed by atoms with Crippen LogP contribution >= 0.6 is 0 Å². The van der Waals surface area contributed by atoms with Crippen molar-refractivity contribution in [3.8, 4) is 0 Å². The molecule has 0 aromatic carbocycles. The molecule has 1 fully saturated rings. The monoisotopic (exact) mass is 302 g/mol. The van der Waals surface area contributed by atoms with Crippen molar-refractivity contribution >= 4 is 0 Å². The summed E-state index contributed by atoms with van der Waals surface area (Å²) in [4.78, 5) is 24.8. The lowest BCUT2D eigenvalue weighted by atomic mass is 9.87. The Morgan fingerprint density at radius 2 is 2.24 bits per heavy atom. The van der Waals surface area contributed by atoms with Crippen LogP contribution in [-0.4, -0.2) is 55.5 Å². The third-order valence-corrected chi connectivity index (χ3v) is 3.60. The van der Waals surface area contributed by atoms with Gasteiger partial charge in [0.25, 0.3) is 5.56 Å². The summed E-state index contributed by atoms with van der Waals surface area (Å²) in [7, 11) is 0. The largest absolute Gasteiger partial charge is 0.393 e. The van der Waals surface area contributed by atoms with Crippen molar-refractivity contribution in [2.75, 3.05) is 13.3 Å². The highest BCUT2D eigenvalue weighted by Crippen LogP contribution is 2.44. The molecule has 1 aromatic heterocycles. The molecule has 4 N–H and O–H groups in total. The molecule has 1 aliphatic heterocycles. The summed E-state index contributed by atoms with van der Waals surface area (Å²) in [5.74, 6) is 0. The lowest BCUT2D eigenvalue weighted by Gasteiger charge is -2.29. The van der Waals surface area contributed by atoms with Gasteiger partial charge in [0.05, 0.1) is 6.61 Å². The molecular weight excluding hydrogens is 287 g/mol. The van der Waals surface area contributed by atoms with E-state index >= 15 is 0 Å². The first-order valence-corrected chi connectivity index (χ1v) is 6.05. The van der Waals surface area contributed by atoms with E-state index in [1.54, 1.807) is 0 Å². The zero-order valence-corrected chi connectivity index (χ0v) is 10.9. The minimum Gasteiger partial charge on any atom is -0.393 e. The first kappa shape index (κ1) is 15.6. The second-order valence-corrected chi connectivity index (χ2v) is 4.84. The SMILES string of the molecule is C=C[C@@]1(O)[C@H](O)[C@](CO)(CF)O[C@H]1n1ccc(=O)[nH]c1=O. The smallest absolute Gasteiger partial charge is 0.330 e. The number of nitrogens with zero attached hydrogens (tertiary/aromatic N) is 1. The van der Waals surface area contributed by atoms with E-state index in [2.05, 4.69) is 6.58 Å². The number of alkyl halides is 1. The van der Waals surface area contributed by atoms with Crippen LogP contribution in [0.1, 0.15) is 6.23 Å². The molecule has 8 nitrogen and oxygen atoms in total. The average Bonchev–Trinajstić information content (AvgIpc) is 2.70. The van der Waals surface area contributed by atoms with Crippen LogP contribution in [0.15, 0.2) is 34.5 Å². The summed E-state index contributed by atoms with van der Waals surface area (Å²) in [5, 5.41) is 29.8. The van der Waals surface area contributed by atoms with Gasteiger partial charge < -0.3 is 20.1 Å². The first-order valence-electron chi connectivity index (χ1n) is 6.05. The molecule has 0 unspecified atom stereocenters. The molecule has 2 rings (SSSR count). The number of aromatic nitrogens is 2. The van der Waals surface area contributed by atoms with Crippen LogP contribution in [0.25, 0.3) is 0 Å². The predicted octanol–water partition coefficient (Wildman–Crippen LogP) is -1.96. The standard InChI is InChI=1S/C12H15FN2O6/c1-2-12(20)8(18)11(5-13,6-16)21-9(12)15-4-3-7(17)14-10(15)19/h2-4,8-9,16,18,20H,1,5-6H2,(H,14,17,19)/t8-,9-,11-,12-/m1/s1. The number of ether oxygens (including phenoxy) is 1. The minimum atomic E-state index is -2.23. The molecule has 21 heavy (non-hydrogen) atoms. The van der Waals surface area contributed by atoms with Crippen LogP contribution in [-0.2, 0) is 4.74 Å². The van der Waals surface area contributed by atoms with Crippen LogP contribution in [0.3, 0.4) is 0 Å². The normalized spacial score (nSPS) is 35.8. The second-order valence-electron chi connectivity index (χ2n) is 4.84. The van der Waals surface area contributed by atoms with Gasteiger partial charge in [-0.05, 0) is 0 Å². The number of hydrogen-bond donors (Lipinski definition) is 4. The van der Waals surface area contributed by atoms with Crippen LogP contribution in [0.2, 0.25) is 0 Å². The maximum atomic E-state index is 13.2. The fourth-order valence-electron chi connectivity index (χ4n) is 2.31. The Bertz CT molecular complexity index is 652. The quantitative estimate of drug-likeness (QED) is 0.479. The molecule has 2 heterocycles. The van der Waals surface area contributed by atoms with Crippen LogP contribution < -0.4 is 11.2 Å². The fourth-order valence-corrected chi connectivity index (χ4v) is 2.31. The summed E-state index contributed by atoms with van der Waals surface area (Å²) >= 11 is 0. The fraction of sp³-hybridized carbons (Fsp3) is 0.500. The number of nitrogens with one attached hydrogen (secondary N) is 1. The third-order valence-electron chi connectivity index (χ3n) is 3.60. The zero-order chi connectivity index (χ0) is 15.8. The molecule has 116 valence electrons. The highest BCUT2D eigenvalue weighted by atomic mass is 19.1. The van der Waals surface area contributed by atoms with E-state index in [-0.39, 0.29) is 0 Å². The van der Waals surface area contributed by atoms with Gasteiger partial charge >= 0.3 is 5.69 Å². The zero-order valence-electron chi connectivity index (χ0n) is 10.9. The number of aliphatic hydroxyl groups is 3. The Morgan fingerprint density at radius 3 is 2.71 bits per heavy atom. The van der Waals surface area contributed by atoms with Crippen LogP contribution in [0.4, 0.5) is 4.39 Å². The van der Waals surface area contributed by atoms with E-state index in [1.807, 2.05) is 4.98 Å². The molecule has 0 amide bonds. The van der Waals surface area contributed by atoms with E-state index in [1.165, 1.54) is 0 Å². The van der Waals surface area contributed by atoms with Crippen molar-refractivity contribution in [3.05, 3.63) is 45.8 Å². The van der Waals surface area contributed by atoms with Gasteiger partial charge in [-0.25, -0.2) is 9.18 Å². The van der Waals surface area contributed by atoms with Gasteiger partial charge in [0, 0.05) is 12.3 Å². The van der Waals surface area contributed by atoms with Gasteiger partial charge in [0.1, 0.15) is 12.8 Å². The molecule has 1 saturated heterocycles. The second kappa shape index (κ2) is 5.19. The van der Waals surface area contributed by atoms with Gasteiger partial charge in [-0.2, -0.15) is 0 Å². The summed E-state index contributed by atoms with van der Waals surface area (Å²) in [6, 6.07) is 0.995. The first-order chi connectivity index (χ1) is 9.84. The molecule has 0 saturated carbocycles. The number of H-pyrrole nitrogens is 1. The Morgan fingerprint density at radius 1 is 1.57 bits per heavy atom. The average molecular weight is 302 g/mol. The van der Waals surface area contributed by atoms with Gasteiger partial charge in [-0.3, -0.25) is 14.3 Å². The van der Waals surface area contributed by atoms with Crippen molar-refractivity contribution in [3.63, 3.8) is 0 Å². The van der Waals surface area contributed by atoms with Gasteiger partial charge in [-0.15, -0.1) is 0 Å². The van der Waals surface area contributed by atoms with Gasteiger partial charge in [0.15, 0.2) is 17.4 Å². The molecule has 0 bridgehead atoms. The summed E-state index contributed by atoms with van der Waals surface area (Å²) in [6.45, 7) is 1.12. The topological polar surface area (TPSA) is 125 Å². The third kappa shape index (κ3) is 2.14. The molecule has 0 spiro atoms. The van der Waals surface area contributed by atoms with E-state index in [0.717, 1.165) is 22.9 Å². The van der Waals surface area contributed by atoms with Crippen LogP contribution in [0.5, 0.6) is 0 Å². The minimum absolute atomic E-state index is 0.671. The Balaban J connectivity index is 2.59. The van der Waals surface area contributed by atoms with Crippen LogP contribution in [0, 0.1) is 0 Å². The number of hydrogen-bond acceptors (Lipinski definition) is 6. The van der Waals surface area contributed by atoms with Gasteiger partial charge in [-0.1, -0.05) is 12.7 Å². The highest BCUT2D eigenvalue weighted by Gasteiger charge is 2.63. The number of rotatable bonds is 4. The van der Waals surface area contributed by atoms with Gasteiger partial charge in [0.2, 0.25) is 0 Å². The molecule has 9 heteroatoms. The van der Waals surface area contributed by atoms with Crippen molar-refractivity contribution in [2.45, 2.75) is 23.5 Å². The summed E-state index contributed by atoms with van der Waals surface area (Å²) in [6.07, 6.45) is -1.50. The van der Waals surface area contributed by atoms with Crippen molar-refractivity contribution < 1.29 is 24.4 Å². The molecule has 1 aromatic rings.